The van der Waals surface area contributed by atoms with Crippen molar-refractivity contribution >= 4 is 17.4 Å². The van der Waals surface area contributed by atoms with Crippen LogP contribution in [0.2, 0.25) is 5.02 Å². The molecule has 0 amide bonds. The van der Waals surface area contributed by atoms with Gasteiger partial charge in [0.2, 0.25) is 0 Å². The Morgan fingerprint density at radius 1 is 1.45 bits per heavy atom. The molecule has 1 aromatic carbocycles. The Morgan fingerprint density at radius 3 is 2.60 bits per heavy atom. The topological polar surface area (TPSA) is 59.1 Å². The summed E-state index contributed by atoms with van der Waals surface area (Å²) in [4.78, 5) is 0. The summed E-state index contributed by atoms with van der Waals surface area (Å²) in [5.74, 6) is 1.52. The number of ether oxygens (including phenoxy) is 1. The molecule has 0 spiro atoms. The van der Waals surface area contributed by atoms with Crippen LogP contribution in [0.25, 0.3) is 0 Å². The van der Waals surface area contributed by atoms with Crippen LogP contribution in [0, 0.1) is 17.7 Å². The van der Waals surface area contributed by atoms with Crippen LogP contribution in [0.4, 0.5) is 0 Å². The Balaban J connectivity index is 2.10. The number of nitrogens with one attached hydrogen (secondary N) is 1. The van der Waals surface area contributed by atoms with Crippen LogP contribution in [0.1, 0.15) is 50.2 Å². The second-order valence-electron chi connectivity index (χ2n) is 6.28. The van der Waals surface area contributed by atoms with Gasteiger partial charge >= 0.3 is 0 Å². The van der Waals surface area contributed by atoms with E-state index in [0.717, 1.165) is 34.7 Å². The zero-order chi connectivity index (χ0) is 14.9. The van der Waals surface area contributed by atoms with Gasteiger partial charge in [0.15, 0.2) is 0 Å². The fourth-order valence-electron chi connectivity index (χ4n) is 2.45. The van der Waals surface area contributed by atoms with E-state index in [1.54, 1.807) is 0 Å². The summed E-state index contributed by atoms with van der Waals surface area (Å²) in [5, 5.41) is 8.24. The smallest absolute Gasteiger partial charge is 0.122 e. The van der Waals surface area contributed by atoms with Gasteiger partial charge in [-0.3, -0.25) is 5.41 Å². The lowest BCUT2D eigenvalue weighted by Gasteiger charge is -2.18. The summed E-state index contributed by atoms with van der Waals surface area (Å²) in [6.07, 6.45) is 2.82. The maximum absolute atomic E-state index is 7.44. The molecule has 1 aliphatic rings. The molecule has 3 N–H and O–H groups in total. The Bertz CT molecular complexity index is 521. The number of hydrogen-bond donors (Lipinski definition) is 2. The highest BCUT2D eigenvalue weighted by Crippen LogP contribution is 2.49. The van der Waals surface area contributed by atoms with Crippen molar-refractivity contribution in [2.75, 3.05) is 6.61 Å². The molecule has 0 bridgehead atoms. The first-order valence-corrected chi connectivity index (χ1v) is 7.46. The molecular formula is C16H23ClN2O. The van der Waals surface area contributed by atoms with Crippen molar-refractivity contribution < 1.29 is 4.74 Å². The molecule has 0 atom stereocenters. The Kier molecular flexibility index (Phi) is 4.28. The molecule has 110 valence electrons. The van der Waals surface area contributed by atoms with Crippen LogP contribution in [-0.4, -0.2) is 12.4 Å². The van der Waals surface area contributed by atoms with Crippen molar-refractivity contribution in [3.63, 3.8) is 0 Å². The van der Waals surface area contributed by atoms with Gasteiger partial charge in [-0.25, -0.2) is 0 Å². The van der Waals surface area contributed by atoms with Gasteiger partial charge in [0.05, 0.1) is 12.4 Å². The molecule has 1 aliphatic carbocycles. The van der Waals surface area contributed by atoms with Gasteiger partial charge in [-0.05, 0) is 48.9 Å². The average Bonchev–Trinajstić information content (AvgIpc) is 3.06. The Hall–Kier alpha value is -1.22. The predicted octanol–water partition coefficient (Wildman–Crippen LogP) is 4.26. The third kappa shape index (κ3) is 3.45. The highest BCUT2D eigenvalue weighted by Gasteiger charge is 2.44. The third-order valence-corrected chi connectivity index (χ3v) is 4.30. The molecule has 0 radical (unpaired) electrons. The molecule has 3 nitrogen and oxygen atoms in total. The highest BCUT2D eigenvalue weighted by molar-refractivity contribution is 6.31. The Morgan fingerprint density at radius 2 is 2.10 bits per heavy atom. The maximum Gasteiger partial charge on any atom is 0.122 e. The molecule has 4 heteroatoms. The minimum Gasteiger partial charge on any atom is -0.493 e. The van der Waals surface area contributed by atoms with Crippen LogP contribution in [0.5, 0.6) is 5.75 Å². The van der Waals surface area contributed by atoms with E-state index in [0.29, 0.717) is 18.9 Å². The summed E-state index contributed by atoms with van der Waals surface area (Å²) >= 11 is 6.27. The molecule has 2 rings (SSSR count). The van der Waals surface area contributed by atoms with Gasteiger partial charge < -0.3 is 10.5 Å². The molecule has 20 heavy (non-hydrogen) atoms. The summed E-state index contributed by atoms with van der Waals surface area (Å²) in [7, 11) is 0. The van der Waals surface area contributed by atoms with Gasteiger partial charge in [0, 0.05) is 16.9 Å². The van der Waals surface area contributed by atoms with Gasteiger partial charge in [-0.2, -0.15) is 0 Å². The number of amidine groups is 1. The van der Waals surface area contributed by atoms with Crippen molar-refractivity contribution in [2.24, 2.45) is 11.1 Å². The number of benzene rings is 1. The van der Waals surface area contributed by atoms with Crippen LogP contribution < -0.4 is 10.5 Å². The molecular weight excluding hydrogens is 272 g/mol. The van der Waals surface area contributed by atoms with Crippen LogP contribution >= 0.6 is 11.6 Å². The average molecular weight is 295 g/mol. The summed E-state index contributed by atoms with van der Waals surface area (Å²) in [6, 6.07) is 4.02. The first-order chi connectivity index (χ1) is 9.33. The normalized spacial score (nSPS) is 16.2. The van der Waals surface area contributed by atoms with Crippen molar-refractivity contribution in [1.29, 1.82) is 5.41 Å². The molecule has 1 fully saturated rings. The lowest BCUT2D eigenvalue weighted by molar-refractivity contribution is 0.237. The number of hydrogen-bond acceptors (Lipinski definition) is 2. The molecule has 1 aromatic rings. The number of halogens is 1. The quantitative estimate of drug-likeness (QED) is 0.608. The molecule has 0 aromatic heterocycles. The molecule has 0 saturated heterocycles. The van der Waals surface area contributed by atoms with Crippen LogP contribution in [0.15, 0.2) is 12.1 Å². The van der Waals surface area contributed by atoms with E-state index in [-0.39, 0.29) is 11.3 Å². The first kappa shape index (κ1) is 15.2. The SMILES string of the molecule is Cc1cc(Cl)c(C(C)C)cc1OCC1(CC(=N)N)CC1. The number of nitrogens with two attached hydrogens (primary N) is 1. The maximum atomic E-state index is 7.44. The Labute approximate surface area is 126 Å². The first-order valence-electron chi connectivity index (χ1n) is 7.09. The van der Waals surface area contributed by atoms with Gasteiger partial charge in [-0.1, -0.05) is 25.4 Å². The van der Waals surface area contributed by atoms with Crippen LogP contribution in [-0.2, 0) is 0 Å². The molecule has 0 heterocycles. The summed E-state index contributed by atoms with van der Waals surface area (Å²) in [5.41, 5.74) is 7.77. The van der Waals surface area contributed by atoms with E-state index in [1.807, 2.05) is 19.1 Å². The van der Waals surface area contributed by atoms with E-state index >= 15 is 0 Å². The van der Waals surface area contributed by atoms with Gasteiger partial charge in [-0.15, -0.1) is 0 Å². The standard InChI is InChI=1S/C16H23ClN2O/c1-10(2)12-7-14(11(3)6-13(12)17)20-9-16(4-5-16)8-15(18)19/h6-7,10H,4-5,8-9H2,1-3H3,(H3,18,19). The largest absolute Gasteiger partial charge is 0.493 e. The van der Waals surface area contributed by atoms with Crippen LogP contribution in [0.3, 0.4) is 0 Å². The van der Waals surface area contributed by atoms with Crippen molar-refractivity contribution in [2.45, 2.75) is 46.0 Å². The van der Waals surface area contributed by atoms with Crippen molar-refractivity contribution in [3.05, 3.63) is 28.3 Å². The fraction of sp³-hybridized carbons (Fsp3) is 0.562. The lowest BCUT2D eigenvalue weighted by Crippen LogP contribution is -2.22. The second-order valence-corrected chi connectivity index (χ2v) is 6.69. The zero-order valence-corrected chi connectivity index (χ0v) is 13.2. The second kappa shape index (κ2) is 5.65. The minimum absolute atomic E-state index is 0.0932. The number of aryl methyl sites for hydroxylation is 1. The van der Waals surface area contributed by atoms with Gasteiger partial charge in [0.1, 0.15) is 5.75 Å². The fourth-order valence-corrected chi connectivity index (χ4v) is 2.89. The molecule has 1 saturated carbocycles. The predicted molar refractivity (Wildman–Crippen MR) is 84.0 cm³/mol. The molecule has 0 unspecified atom stereocenters. The van der Waals surface area contributed by atoms with Gasteiger partial charge in [0.25, 0.3) is 0 Å². The zero-order valence-electron chi connectivity index (χ0n) is 12.4. The summed E-state index contributed by atoms with van der Waals surface area (Å²) < 4.78 is 6.00. The van der Waals surface area contributed by atoms with E-state index in [9.17, 15) is 0 Å². The summed E-state index contributed by atoms with van der Waals surface area (Å²) in [6.45, 7) is 6.89. The van der Waals surface area contributed by atoms with Crippen molar-refractivity contribution in [3.8, 4) is 5.75 Å². The third-order valence-electron chi connectivity index (χ3n) is 3.97. The monoisotopic (exact) mass is 294 g/mol. The minimum atomic E-state index is 0.0932. The van der Waals surface area contributed by atoms with E-state index < -0.39 is 0 Å². The van der Waals surface area contributed by atoms with Crippen molar-refractivity contribution in [1.82, 2.24) is 0 Å². The van der Waals surface area contributed by atoms with E-state index in [4.69, 9.17) is 27.5 Å². The number of rotatable bonds is 6. The van der Waals surface area contributed by atoms with E-state index in [2.05, 4.69) is 13.8 Å². The molecule has 0 aliphatic heterocycles. The lowest BCUT2D eigenvalue weighted by atomic mass is 10.0. The van der Waals surface area contributed by atoms with E-state index in [1.165, 1.54) is 0 Å². The highest BCUT2D eigenvalue weighted by atomic mass is 35.5.